The maximum atomic E-state index is 11.8. The van der Waals surface area contributed by atoms with Gasteiger partial charge in [0.15, 0.2) is 5.96 Å². The molecule has 0 aromatic heterocycles. The Balaban J connectivity index is 0.00000364. The number of hydrogen-bond donors (Lipinski definition) is 2. The van der Waals surface area contributed by atoms with Crippen LogP contribution in [-0.4, -0.2) is 57.7 Å². The lowest BCUT2D eigenvalue weighted by molar-refractivity contribution is -0.127. The third kappa shape index (κ3) is 6.99. The number of fused-ring (bicyclic) bond motifs is 1. The van der Waals surface area contributed by atoms with E-state index in [1.165, 1.54) is 21.2 Å². The molecule has 1 atom stereocenters. The number of hydrogen-bond acceptors (Lipinski definition) is 3. The standard InChI is InChI=1S/C20H28N4O2.HI/c1-15(17-11-7-9-16-8-5-6-10-18(16)17)23-20(21-12-13-26-4)22-14-19(25)24(2)3;/h5-11,15H,12-14H2,1-4H3,(H2,21,22,23);1H. The van der Waals surface area contributed by atoms with Crippen molar-refractivity contribution in [3.63, 3.8) is 0 Å². The molecule has 2 aromatic carbocycles. The highest BCUT2D eigenvalue weighted by atomic mass is 127. The van der Waals surface area contributed by atoms with Crippen LogP contribution in [0.1, 0.15) is 18.5 Å². The van der Waals surface area contributed by atoms with Crippen LogP contribution in [0.15, 0.2) is 47.5 Å². The van der Waals surface area contributed by atoms with Crippen LogP contribution in [0.5, 0.6) is 0 Å². The molecule has 0 bridgehead atoms. The van der Waals surface area contributed by atoms with Crippen LogP contribution in [0.4, 0.5) is 0 Å². The summed E-state index contributed by atoms with van der Waals surface area (Å²) in [5, 5.41) is 9.00. The number of halogens is 1. The average molecular weight is 484 g/mol. The summed E-state index contributed by atoms with van der Waals surface area (Å²) in [6, 6.07) is 14.6. The van der Waals surface area contributed by atoms with Crippen LogP contribution in [0.25, 0.3) is 10.8 Å². The predicted molar refractivity (Wildman–Crippen MR) is 122 cm³/mol. The Hall–Kier alpha value is -1.87. The zero-order valence-corrected chi connectivity index (χ0v) is 18.7. The Morgan fingerprint density at radius 2 is 1.89 bits per heavy atom. The molecule has 0 saturated heterocycles. The summed E-state index contributed by atoms with van der Waals surface area (Å²) < 4.78 is 5.08. The van der Waals surface area contributed by atoms with Crippen LogP contribution >= 0.6 is 24.0 Å². The van der Waals surface area contributed by atoms with Crippen LogP contribution < -0.4 is 10.6 Å². The van der Waals surface area contributed by atoms with Gasteiger partial charge >= 0.3 is 0 Å². The smallest absolute Gasteiger partial charge is 0.243 e. The van der Waals surface area contributed by atoms with Gasteiger partial charge in [-0.3, -0.25) is 4.79 Å². The number of methoxy groups -OCH3 is 1. The van der Waals surface area contributed by atoms with Gasteiger partial charge in [0.05, 0.1) is 12.6 Å². The second kappa shape index (κ2) is 11.8. The van der Waals surface area contributed by atoms with Gasteiger partial charge in [-0.25, -0.2) is 4.99 Å². The van der Waals surface area contributed by atoms with E-state index in [1.54, 1.807) is 21.2 Å². The third-order valence-electron chi connectivity index (χ3n) is 4.11. The molecule has 1 amide bonds. The number of benzene rings is 2. The molecule has 0 aliphatic rings. The lowest BCUT2D eigenvalue weighted by atomic mass is 10.00. The van der Waals surface area contributed by atoms with E-state index in [2.05, 4.69) is 52.9 Å². The monoisotopic (exact) mass is 484 g/mol. The number of amides is 1. The van der Waals surface area contributed by atoms with Crippen molar-refractivity contribution in [2.75, 3.05) is 40.9 Å². The number of guanidine groups is 1. The summed E-state index contributed by atoms with van der Waals surface area (Å²) in [6.07, 6.45) is 0. The highest BCUT2D eigenvalue weighted by Gasteiger charge is 2.12. The highest BCUT2D eigenvalue weighted by molar-refractivity contribution is 14.0. The van der Waals surface area contributed by atoms with Gasteiger partial charge in [-0.15, -0.1) is 24.0 Å². The highest BCUT2D eigenvalue weighted by Crippen LogP contribution is 2.23. The molecule has 1 unspecified atom stereocenters. The number of nitrogens with zero attached hydrogens (tertiary/aromatic N) is 2. The summed E-state index contributed by atoms with van der Waals surface area (Å²) in [5.74, 6) is 0.549. The molecule has 7 heteroatoms. The number of carbonyl (C=O) groups is 1. The van der Waals surface area contributed by atoms with Crippen molar-refractivity contribution < 1.29 is 9.53 Å². The molecular formula is C20H29IN4O2. The number of nitrogens with one attached hydrogen (secondary N) is 2. The van der Waals surface area contributed by atoms with E-state index in [4.69, 9.17) is 4.74 Å². The maximum Gasteiger partial charge on any atom is 0.243 e. The van der Waals surface area contributed by atoms with Crippen molar-refractivity contribution in [3.8, 4) is 0 Å². The molecule has 0 fully saturated rings. The SMILES string of the molecule is COCCNC(=NCC(=O)N(C)C)NC(C)c1cccc2ccccc12.I. The summed E-state index contributed by atoms with van der Waals surface area (Å²) in [5.41, 5.74) is 1.18. The molecular weight excluding hydrogens is 455 g/mol. The van der Waals surface area contributed by atoms with Crippen molar-refractivity contribution in [1.29, 1.82) is 0 Å². The molecule has 2 N–H and O–H groups in total. The molecule has 27 heavy (non-hydrogen) atoms. The first-order chi connectivity index (χ1) is 12.5. The van der Waals surface area contributed by atoms with Gasteiger partial charge in [0.25, 0.3) is 0 Å². The lowest BCUT2D eigenvalue weighted by Crippen LogP contribution is -2.41. The van der Waals surface area contributed by atoms with Gasteiger partial charge in [0.1, 0.15) is 6.54 Å². The molecule has 2 aromatic rings. The van der Waals surface area contributed by atoms with Crippen molar-refractivity contribution in [3.05, 3.63) is 48.0 Å². The summed E-state index contributed by atoms with van der Waals surface area (Å²) in [6.45, 7) is 3.35. The Kier molecular flexibility index (Phi) is 10.1. The van der Waals surface area contributed by atoms with Crippen molar-refractivity contribution in [1.82, 2.24) is 15.5 Å². The van der Waals surface area contributed by atoms with Gasteiger partial charge in [0, 0.05) is 27.7 Å². The van der Waals surface area contributed by atoms with E-state index in [0.29, 0.717) is 19.1 Å². The van der Waals surface area contributed by atoms with Gasteiger partial charge < -0.3 is 20.3 Å². The topological polar surface area (TPSA) is 66.0 Å². The molecule has 2 rings (SSSR count). The summed E-state index contributed by atoms with van der Waals surface area (Å²) in [7, 11) is 5.10. The minimum Gasteiger partial charge on any atom is -0.383 e. The fourth-order valence-electron chi connectivity index (χ4n) is 2.62. The van der Waals surface area contributed by atoms with Gasteiger partial charge in [-0.2, -0.15) is 0 Å². The van der Waals surface area contributed by atoms with E-state index in [9.17, 15) is 4.79 Å². The minimum absolute atomic E-state index is 0. The lowest BCUT2D eigenvalue weighted by Gasteiger charge is -2.20. The van der Waals surface area contributed by atoms with Crippen LogP contribution in [0, 0.1) is 0 Å². The minimum atomic E-state index is -0.0457. The fourth-order valence-corrected chi connectivity index (χ4v) is 2.62. The van der Waals surface area contributed by atoms with Crippen LogP contribution in [-0.2, 0) is 9.53 Å². The van der Waals surface area contributed by atoms with E-state index >= 15 is 0 Å². The van der Waals surface area contributed by atoms with Crippen molar-refractivity contribution >= 4 is 46.6 Å². The molecule has 0 spiro atoms. The molecule has 0 heterocycles. The van der Waals surface area contributed by atoms with Gasteiger partial charge in [-0.1, -0.05) is 42.5 Å². The van der Waals surface area contributed by atoms with Crippen LogP contribution in [0.3, 0.4) is 0 Å². The molecule has 0 aliphatic carbocycles. The second-order valence-electron chi connectivity index (χ2n) is 6.31. The first-order valence-corrected chi connectivity index (χ1v) is 8.74. The third-order valence-corrected chi connectivity index (χ3v) is 4.11. The summed E-state index contributed by atoms with van der Waals surface area (Å²) >= 11 is 0. The van der Waals surface area contributed by atoms with E-state index in [1.807, 2.05) is 12.1 Å². The normalized spacial score (nSPS) is 12.2. The van der Waals surface area contributed by atoms with Crippen LogP contribution in [0.2, 0.25) is 0 Å². The number of ether oxygens (including phenoxy) is 1. The molecule has 6 nitrogen and oxygen atoms in total. The Labute approximate surface area is 178 Å². The van der Waals surface area contributed by atoms with E-state index in [0.717, 1.165) is 0 Å². The summed E-state index contributed by atoms with van der Waals surface area (Å²) in [4.78, 5) is 17.8. The van der Waals surface area contributed by atoms with Gasteiger partial charge in [0.2, 0.25) is 5.91 Å². The first-order valence-electron chi connectivity index (χ1n) is 8.74. The Bertz CT molecular complexity index is 759. The number of rotatable bonds is 7. The predicted octanol–water partition coefficient (Wildman–Crippen LogP) is 2.79. The molecule has 148 valence electrons. The van der Waals surface area contributed by atoms with E-state index < -0.39 is 0 Å². The van der Waals surface area contributed by atoms with E-state index in [-0.39, 0.29) is 42.5 Å². The maximum absolute atomic E-state index is 11.8. The fraction of sp³-hybridized carbons (Fsp3) is 0.400. The quantitative estimate of drug-likeness (QED) is 0.275. The Morgan fingerprint density at radius 1 is 1.19 bits per heavy atom. The Morgan fingerprint density at radius 3 is 2.59 bits per heavy atom. The molecule has 0 aliphatic heterocycles. The van der Waals surface area contributed by atoms with Gasteiger partial charge in [-0.05, 0) is 23.3 Å². The van der Waals surface area contributed by atoms with Crippen molar-refractivity contribution in [2.45, 2.75) is 13.0 Å². The first kappa shape index (κ1) is 23.2. The number of likely N-dealkylation sites (N-methyl/N-ethyl adjacent to an activating group) is 1. The average Bonchev–Trinajstić information content (AvgIpc) is 2.65. The second-order valence-corrected chi connectivity index (χ2v) is 6.31. The molecule has 0 saturated carbocycles. The zero-order valence-electron chi connectivity index (χ0n) is 16.4. The number of aliphatic imine (C=N–C) groups is 1. The molecule has 0 radical (unpaired) electrons. The van der Waals surface area contributed by atoms with Crippen molar-refractivity contribution in [2.24, 2.45) is 4.99 Å². The zero-order chi connectivity index (χ0) is 18.9. The largest absolute Gasteiger partial charge is 0.383 e. The number of carbonyl (C=O) groups excluding carboxylic acids is 1.